The first-order valence-corrected chi connectivity index (χ1v) is 22.5. The number of carbonyl (C=O) groups is 1. The van der Waals surface area contributed by atoms with Gasteiger partial charge in [-0.1, -0.05) is 12.1 Å². The molecule has 2 heterocycles. The van der Waals surface area contributed by atoms with Crippen LogP contribution in [-0.2, 0) is 84.5 Å². The van der Waals surface area contributed by atoms with Gasteiger partial charge >= 0.3 is 16.1 Å². The van der Waals surface area contributed by atoms with Crippen molar-refractivity contribution in [1.82, 2.24) is 44.1 Å². The fourth-order valence-electron chi connectivity index (χ4n) is 7.84. The Morgan fingerprint density at radius 2 is 1.17 bits per heavy atom. The largest absolute Gasteiger partial charge is 0.387 e. The van der Waals surface area contributed by atoms with Crippen molar-refractivity contribution in [1.29, 1.82) is 5.26 Å². The highest BCUT2D eigenvalue weighted by Gasteiger charge is 2.28. The quantitative estimate of drug-likeness (QED) is 0.184. The van der Waals surface area contributed by atoms with Crippen molar-refractivity contribution in [3.8, 4) is 12.0 Å². The molecule has 0 saturated heterocycles. The number of hydrogen-bond acceptors (Lipinski definition) is 13. The standard InChI is InChI=1S/C19H26N6O3S.C13H13NO.C6H13N5O2S/c1-24(2)9-10-25-12-20-19(22-25)29(27,28)23-18(26)21-17-15-7-3-5-13(15)11-14-6-4-8-16(14)17;14-8-15-13-11-5-1-3-9(11)7-10-4-2-6-12(10)13;1-10(2)3-4-11-5-8-6(9-11)14(7,12)13/h11-12H,3-10H2,1-2H3,(H2,21,23,26);7H,1-6H2;5H,3-4H2,1-2H3,(H2,7,12,13). The number of hydrogen-bond donors (Lipinski definition) is 3. The molecule has 20 heteroatoms. The molecule has 0 fully saturated rings. The highest BCUT2D eigenvalue weighted by molar-refractivity contribution is 7.90. The van der Waals surface area contributed by atoms with E-state index in [1.807, 2.05) is 44.2 Å². The van der Waals surface area contributed by atoms with Gasteiger partial charge in [0.2, 0.25) is 0 Å². The lowest BCUT2D eigenvalue weighted by molar-refractivity contribution is 0.256. The van der Waals surface area contributed by atoms with E-state index in [1.165, 1.54) is 68.2 Å². The molecule has 4 N–H and O–H groups in total. The molecule has 8 rings (SSSR count). The first-order valence-electron chi connectivity index (χ1n) is 19.5. The number of aromatic nitrogens is 6. The maximum atomic E-state index is 12.6. The zero-order valence-electron chi connectivity index (χ0n) is 33.5. The molecule has 0 unspecified atom stereocenters. The van der Waals surface area contributed by atoms with Crippen molar-refractivity contribution in [3.05, 3.63) is 69.3 Å². The number of nitrogens with zero attached hydrogens (tertiary/aromatic N) is 9. The molecule has 2 aromatic carbocycles. The number of rotatable bonds is 11. The first kappa shape index (κ1) is 42.7. The van der Waals surface area contributed by atoms with Gasteiger partial charge in [-0.25, -0.2) is 33.0 Å². The summed E-state index contributed by atoms with van der Waals surface area (Å²) in [5, 5.41) is 23.3. The number of nitrogens with two attached hydrogens (primary N) is 1. The fourth-order valence-corrected chi connectivity index (χ4v) is 9.03. The average molecular weight is 837 g/mol. The van der Waals surface area contributed by atoms with Crippen molar-refractivity contribution < 1.29 is 26.4 Å². The SMILES string of the molecule is CN(C)CCn1cnc(S(=O)(=O)NC(=O)Nc2c3c(cc4c2CCC4)CCC3)n1.CN(C)CCn1cnc(S(N)(=O)=O)n1.N#COc1c2c(cc3c1CCC3)CCC2. The number of carbonyl (C=O) groups excluding carboxylic acids is 1. The molecular weight excluding hydrogens is 785 g/mol. The van der Waals surface area contributed by atoms with Crippen LogP contribution in [0.2, 0.25) is 0 Å². The second-order valence-electron chi connectivity index (χ2n) is 15.4. The van der Waals surface area contributed by atoms with Crippen molar-refractivity contribution in [2.24, 2.45) is 5.14 Å². The molecule has 2 aromatic heterocycles. The number of ether oxygens (including phenoxy) is 1. The van der Waals surface area contributed by atoms with E-state index in [-0.39, 0.29) is 5.16 Å². The van der Waals surface area contributed by atoms with E-state index in [9.17, 15) is 21.6 Å². The zero-order valence-corrected chi connectivity index (χ0v) is 35.1. The summed E-state index contributed by atoms with van der Waals surface area (Å²) < 4.78 is 56.8. The van der Waals surface area contributed by atoms with E-state index in [0.29, 0.717) is 19.6 Å². The highest BCUT2D eigenvalue weighted by atomic mass is 32.2. The minimum absolute atomic E-state index is 0.337. The van der Waals surface area contributed by atoms with Gasteiger partial charge in [-0.05, 0) is 150 Å². The summed E-state index contributed by atoms with van der Waals surface area (Å²) in [6, 6.07) is 3.83. The summed E-state index contributed by atoms with van der Waals surface area (Å²) in [6.45, 7) is 2.54. The second kappa shape index (κ2) is 18.3. The zero-order chi connectivity index (χ0) is 41.6. The van der Waals surface area contributed by atoms with Crippen molar-refractivity contribution in [2.45, 2.75) is 100 Å². The maximum Gasteiger partial charge on any atom is 0.333 e. The molecule has 0 bridgehead atoms. The van der Waals surface area contributed by atoms with Gasteiger partial charge in [0.15, 0.2) is 0 Å². The molecule has 0 atom stereocenters. The third kappa shape index (κ3) is 10.4. The number of aryl methyl sites for hydroxylation is 4. The minimum Gasteiger partial charge on any atom is -0.387 e. The Morgan fingerprint density at radius 1 is 0.741 bits per heavy atom. The van der Waals surface area contributed by atoms with Crippen LogP contribution in [0.25, 0.3) is 0 Å². The Kier molecular flexibility index (Phi) is 13.5. The van der Waals surface area contributed by atoms with Gasteiger partial charge in [-0.3, -0.25) is 9.36 Å². The van der Waals surface area contributed by atoms with E-state index < -0.39 is 31.2 Å². The molecule has 0 aliphatic heterocycles. The topological polar surface area (TPSA) is 236 Å². The number of benzene rings is 2. The molecule has 18 nitrogen and oxygen atoms in total. The van der Waals surface area contributed by atoms with E-state index in [0.717, 1.165) is 93.3 Å². The lowest BCUT2D eigenvalue weighted by Gasteiger charge is -2.16. The Hall–Kier alpha value is -4.94. The van der Waals surface area contributed by atoms with Crippen LogP contribution in [0.15, 0.2) is 35.1 Å². The molecule has 0 spiro atoms. The number of urea groups is 1. The van der Waals surface area contributed by atoms with E-state index in [4.69, 9.17) is 15.1 Å². The molecule has 4 aliphatic rings. The van der Waals surface area contributed by atoms with Crippen LogP contribution < -0.4 is 19.9 Å². The third-order valence-electron chi connectivity index (χ3n) is 10.6. The summed E-state index contributed by atoms with van der Waals surface area (Å²) in [5.41, 5.74) is 11.1. The smallest absolute Gasteiger partial charge is 0.333 e. The number of primary sulfonamides is 1. The summed E-state index contributed by atoms with van der Waals surface area (Å²) in [6.07, 6.45) is 17.4. The summed E-state index contributed by atoms with van der Waals surface area (Å²) in [7, 11) is -0.264. The van der Waals surface area contributed by atoms with Crippen LogP contribution in [-0.4, -0.2) is 103 Å². The highest BCUT2D eigenvalue weighted by Crippen LogP contribution is 2.40. The molecule has 2 amide bonds. The number of fused-ring (bicyclic) bond motifs is 4. The van der Waals surface area contributed by atoms with Crippen molar-refractivity contribution >= 4 is 31.8 Å². The van der Waals surface area contributed by atoms with E-state index >= 15 is 0 Å². The summed E-state index contributed by atoms with van der Waals surface area (Å²) >= 11 is 0. The van der Waals surface area contributed by atoms with Crippen LogP contribution in [0.1, 0.15) is 70.2 Å². The van der Waals surface area contributed by atoms with Crippen LogP contribution in [0.5, 0.6) is 5.75 Å². The average Bonchev–Trinajstić information content (AvgIpc) is 4.00. The number of likely N-dealkylation sites (N-methyl/N-ethyl adjacent to an activating group) is 2. The molecule has 4 aliphatic carbocycles. The Bertz CT molecular complexity index is 2340. The van der Waals surface area contributed by atoms with Crippen LogP contribution in [0, 0.1) is 11.5 Å². The van der Waals surface area contributed by atoms with E-state index in [2.05, 4.69) is 42.3 Å². The number of amides is 2. The molecule has 0 saturated carbocycles. The van der Waals surface area contributed by atoms with Crippen LogP contribution >= 0.6 is 0 Å². The number of nitrogens with one attached hydrogen (secondary N) is 2. The number of sulfonamides is 2. The van der Waals surface area contributed by atoms with Gasteiger partial charge in [0.05, 0.1) is 13.1 Å². The van der Waals surface area contributed by atoms with Gasteiger partial charge in [0, 0.05) is 18.8 Å². The normalized spacial score (nSPS) is 15.1. The Labute approximate surface area is 339 Å². The predicted octanol–water partition coefficient (Wildman–Crippen LogP) is 2.34. The van der Waals surface area contributed by atoms with Gasteiger partial charge in [0.25, 0.3) is 26.6 Å². The Balaban J connectivity index is 0.000000164. The van der Waals surface area contributed by atoms with Crippen LogP contribution in [0.4, 0.5) is 10.5 Å². The minimum atomic E-state index is -4.14. The van der Waals surface area contributed by atoms with Crippen LogP contribution in [0.3, 0.4) is 0 Å². The third-order valence-corrected chi connectivity index (χ3v) is 12.4. The molecule has 312 valence electrons. The van der Waals surface area contributed by atoms with Crippen molar-refractivity contribution in [2.75, 3.05) is 46.6 Å². The first-order chi connectivity index (χ1) is 27.6. The Morgan fingerprint density at radius 3 is 1.60 bits per heavy atom. The van der Waals surface area contributed by atoms with Gasteiger partial charge in [0.1, 0.15) is 18.4 Å². The lowest BCUT2D eigenvalue weighted by atomic mass is 9.99. The van der Waals surface area contributed by atoms with Crippen molar-refractivity contribution in [3.63, 3.8) is 0 Å². The maximum absolute atomic E-state index is 12.6. The summed E-state index contributed by atoms with van der Waals surface area (Å²) in [5.74, 6) is 0.903. The molecular formula is C38H52N12O6S2. The molecule has 0 radical (unpaired) electrons. The second-order valence-corrected chi connectivity index (χ2v) is 18.4. The van der Waals surface area contributed by atoms with Gasteiger partial charge in [-0.15, -0.1) is 15.5 Å². The lowest BCUT2D eigenvalue weighted by Crippen LogP contribution is -2.35. The number of nitriles is 1. The van der Waals surface area contributed by atoms with E-state index in [1.54, 1.807) is 0 Å². The molecule has 4 aromatic rings. The van der Waals surface area contributed by atoms with Gasteiger partial charge < -0.3 is 19.9 Å². The molecule has 58 heavy (non-hydrogen) atoms. The monoisotopic (exact) mass is 836 g/mol. The summed E-state index contributed by atoms with van der Waals surface area (Å²) in [4.78, 5) is 23.9. The fraction of sp³-hybridized carbons (Fsp3) is 0.526. The number of anilines is 1. The predicted molar refractivity (Wildman–Crippen MR) is 215 cm³/mol. The van der Waals surface area contributed by atoms with Gasteiger partial charge in [-0.2, -0.15) is 8.42 Å².